The molecule has 110 valence electrons. The molecule has 1 saturated heterocycles. The first-order valence-corrected chi connectivity index (χ1v) is 8.23. The molecule has 1 aromatic heterocycles. The molecule has 0 aromatic carbocycles. The van der Waals surface area contributed by atoms with Crippen LogP contribution in [0, 0.1) is 0 Å². The second-order valence-corrected chi connectivity index (χ2v) is 7.03. The molecule has 1 aliphatic heterocycles. The van der Waals surface area contributed by atoms with E-state index in [-0.39, 0.29) is 24.1 Å². The Balaban J connectivity index is 2.29. The molecule has 1 fully saturated rings. The fraction of sp³-hybridized carbons (Fsp3) is 0.583. The number of carboxylic acids is 1. The molecule has 0 aliphatic carbocycles. The highest BCUT2D eigenvalue weighted by Crippen LogP contribution is 2.23. The van der Waals surface area contributed by atoms with E-state index in [9.17, 15) is 13.2 Å². The van der Waals surface area contributed by atoms with E-state index >= 15 is 0 Å². The van der Waals surface area contributed by atoms with Gasteiger partial charge < -0.3 is 10.0 Å². The number of aromatic nitrogens is 2. The average molecular weight is 299 g/mol. The molecule has 0 amide bonds. The van der Waals surface area contributed by atoms with Gasteiger partial charge >= 0.3 is 5.97 Å². The summed E-state index contributed by atoms with van der Waals surface area (Å²) >= 11 is 0. The Morgan fingerprint density at radius 2 is 2.25 bits per heavy atom. The summed E-state index contributed by atoms with van der Waals surface area (Å²) in [5.74, 6) is -0.460. The van der Waals surface area contributed by atoms with Crippen LogP contribution in [0.3, 0.4) is 0 Å². The van der Waals surface area contributed by atoms with Crippen LogP contribution in [0.25, 0.3) is 0 Å². The van der Waals surface area contributed by atoms with Crippen LogP contribution in [0.5, 0.6) is 0 Å². The van der Waals surface area contributed by atoms with Crippen molar-refractivity contribution in [3.63, 3.8) is 0 Å². The maximum Gasteiger partial charge on any atom is 0.323 e. The molecule has 0 saturated carbocycles. The molecule has 1 aliphatic rings. The lowest BCUT2D eigenvalue weighted by molar-refractivity contribution is -0.135. The summed E-state index contributed by atoms with van der Waals surface area (Å²) in [4.78, 5) is 20.7. The molecule has 20 heavy (non-hydrogen) atoms. The highest BCUT2D eigenvalue weighted by Gasteiger charge is 2.33. The number of sulfone groups is 1. The summed E-state index contributed by atoms with van der Waals surface area (Å²) < 4.78 is 23.2. The van der Waals surface area contributed by atoms with E-state index in [2.05, 4.69) is 9.97 Å². The molecule has 0 radical (unpaired) electrons. The van der Waals surface area contributed by atoms with Crippen LogP contribution in [0.4, 0.5) is 5.82 Å². The largest absolute Gasteiger partial charge is 0.480 e. The lowest BCUT2D eigenvalue weighted by Gasteiger charge is -2.27. The molecule has 0 bridgehead atoms. The monoisotopic (exact) mass is 299 g/mol. The van der Waals surface area contributed by atoms with E-state index in [0.717, 1.165) is 5.69 Å². The van der Waals surface area contributed by atoms with Crippen LogP contribution >= 0.6 is 0 Å². The van der Waals surface area contributed by atoms with Gasteiger partial charge in [-0.25, -0.2) is 18.4 Å². The topological polar surface area (TPSA) is 100 Å². The number of nitrogens with zero attached hydrogens (tertiary/aromatic N) is 3. The number of aliphatic carboxylic acids is 1. The average Bonchev–Trinajstić information content (AvgIpc) is 2.76. The van der Waals surface area contributed by atoms with E-state index in [4.69, 9.17) is 5.11 Å². The Morgan fingerprint density at radius 3 is 2.80 bits per heavy atom. The van der Waals surface area contributed by atoms with E-state index < -0.39 is 15.8 Å². The van der Waals surface area contributed by atoms with Crippen molar-refractivity contribution < 1.29 is 18.3 Å². The molecule has 7 nitrogen and oxygen atoms in total. The van der Waals surface area contributed by atoms with Gasteiger partial charge in [0, 0.05) is 17.8 Å². The quantitative estimate of drug-likeness (QED) is 0.824. The smallest absolute Gasteiger partial charge is 0.323 e. The Kier molecular flexibility index (Phi) is 4.22. The minimum atomic E-state index is -3.08. The number of hydrogen-bond acceptors (Lipinski definition) is 6. The first-order chi connectivity index (χ1) is 9.41. The van der Waals surface area contributed by atoms with Crippen molar-refractivity contribution in [2.24, 2.45) is 0 Å². The van der Waals surface area contributed by atoms with Crippen LogP contribution in [0.15, 0.2) is 12.4 Å². The SMILES string of the molecule is CCc1cc(N(CC(=O)O)C2CCS(=O)(=O)C2)ncn1. The van der Waals surface area contributed by atoms with Gasteiger partial charge in [0.15, 0.2) is 9.84 Å². The van der Waals surface area contributed by atoms with Crippen molar-refractivity contribution in [1.82, 2.24) is 9.97 Å². The van der Waals surface area contributed by atoms with Gasteiger partial charge in [-0.2, -0.15) is 0 Å². The van der Waals surface area contributed by atoms with Gasteiger partial charge in [0.05, 0.1) is 11.5 Å². The van der Waals surface area contributed by atoms with Gasteiger partial charge in [-0.3, -0.25) is 4.79 Å². The molecular formula is C12H17N3O4S. The number of rotatable bonds is 5. The van der Waals surface area contributed by atoms with Gasteiger partial charge in [0.25, 0.3) is 0 Å². The van der Waals surface area contributed by atoms with Crippen molar-refractivity contribution in [3.05, 3.63) is 18.1 Å². The number of aryl methyl sites for hydroxylation is 1. The number of carbonyl (C=O) groups is 1. The van der Waals surface area contributed by atoms with Gasteiger partial charge in [0.1, 0.15) is 18.7 Å². The Bertz CT molecular complexity index is 602. The minimum absolute atomic E-state index is 0.0221. The van der Waals surface area contributed by atoms with E-state index in [1.54, 1.807) is 11.0 Å². The zero-order valence-electron chi connectivity index (χ0n) is 11.2. The van der Waals surface area contributed by atoms with Gasteiger partial charge in [-0.15, -0.1) is 0 Å². The van der Waals surface area contributed by atoms with Crippen LogP contribution < -0.4 is 4.90 Å². The van der Waals surface area contributed by atoms with Crippen molar-refractivity contribution in [2.45, 2.75) is 25.8 Å². The van der Waals surface area contributed by atoms with Crippen molar-refractivity contribution in [2.75, 3.05) is 23.0 Å². The van der Waals surface area contributed by atoms with E-state index in [1.807, 2.05) is 6.92 Å². The summed E-state index contributed by atoms with van der Waals surface area (Å²) in [6.45, 7) is 1.67. The Hall–Kier alpha value is -1.70. The first-order valence-electron chi connectivity index (χ1n) is 6.41. The van der Waals surface area contributed by atoms with Crippen LogP contribution in [0.2, 0.25) is 0 Å². The number of carboxylic acid groups (broad SMARTS) is 1. The predicted octanol–water partition coefficient (Wildman–Crippen LogP) is 0.117. The number of hydrogen-bond donors (Lipinski definition) is 1. The maximum absolute atomic E-state index is 11.6. The second-order valence-electron chi connectivity index (χ2n) is 4.80. The van der Waals surface area contributed by atoms with E-state index in [1.165, 1.54) is 6.33 Å². The second kappa shape index (κ2) is 5.74. The molecule has 0 spiro atoms. The van der Waals surface area contributed by atoms with Gasteiger partial charge in [0.2, 0.25) is 0 Å². The molecule has 2 rings (SSSR count). The fourth-order valence-corrected chi connectivity index (χ4v) is 4.03. The molecule has 2 heterocycles. The zero-order chi connectivity index (χ0) is 14.8. The molecule has 8 heteroatoms. The molecule has 1 N–H and O–H groups in total. The highest BCUT2D eigenvalue weighted by molar-refractivity contribution is 7.91. The normalized spacial score (nSPS) is 20.8. The summed E-state index contributed by atoms with van der Waals surface area (Å²) in [5.41, 5.74) is 0.797. The van der Waals surface area contributed by atoms with Crippen LogP contribution in [-0.2, 0) is 21.1 Å². The molecule has 1 unspecified atom stereocenters. The van der Waals surface area contributed by atoms with Crippen molar-refractivity contribution in [1.29, 1.82) is 0 Å². The third-order valence-corrected chi connectivity index (χ3v) is 5.07. The summed E-state index contributed by atoms with van der Waals surface area (Å²) in [7, 11) is -3.08. The third-order valence-electron chi connectivity index (χ3n) is 3.32. The Morgan fingerprint density at radius 1 is 1.50 bits per heavy atom. The predicted molar refractivity (Wildman–Crippen MR) is 73.5 cm³/mol. The zero-order valence-corrected chi connectivity index (χ0v) is 12.0. The van der Waals surface area contributed by atoms with E-state index in [0.29, 0.717) is 18.7 Å². The fourth-order valence-electron chi connectivity index (χ4n) is 2.30. The number of anilines is 1. The maximum atomic E-state index is 11.6. The molecular weight excluding hydrogens is 282 g/mol. The standard InChI is InChI=1S/C12H17N3O4S/c1-2-9-5-11(14-8-13-9)15(6-12(16)17)10-3-4-20(18,19)7-10/h5,8,10H,2-4,6-7H2,1H3,(H,16,17). The Labute approximate surface area is 117 Å². The first kappa shape index (κ1) is 14.7. The third kappa shape index (κ3) is 3.44. The minimum Gasteiger partial charge on any atom is -0.480 e. The van der Waals surface area contributed by atoms with Crippen molar-refractivity contribution >= 4 is 21.6 Å². The lowest BCUT2D eigenvalue weighted by atomic mass is 10.2. The van der Waals surface area contributed by atoms with Crippen LogP contribution in [0.1, 0.15) is 19.0 Å². The summed E-state index contributed by atoms with van der Waals surface area (Å²) in [6.07, 6.45) is 2.52. The highest BCUT2D eigenvalue weighted by atomic mass is 32.2. The van der Waals surface area contributed by atoms with Crippen LogP contribution in [-0.4, -0.2) is 53.6 Å². The van der Waals surface area contributed by atoms with Gasteiger partial charge in [-0.05, 0) is 12.8 Å². The molecule has 1 atom stereocenters. The molecule has 1 aromatic rings. The lowest BCUT2D eigenvalue weighted by Crippen LogP contribution is -2.40. The van der Waals surface area contributed by atoms with Crippen molar-refractivity contribution in [3.8, 4) is 0 Å². The van der Waals surface area contributed by atoms with Gasteiger partial charge in [-0.1, -0.05) is 6.92 Å². The summed E-state index contributed by atoms with van der Waals surface area (Å²) in [6, 6.07) is 1.38. The summed E-state index contributed by atoms with van der Waals surface area (Å²) in [5, 5.41) is 9.03.